The summed E-state index contributed by atoms with van der Waals surface area (Å²) in [6.07, 6.45) is 1.97. The number of rotatable bonds is 6. The van der Waals surface area contributed by atoms with E-state index in [4.69, 9.17) is 9.88 Å². The number of sulfonamides is 1. The summed E-state index contributed by atoms with van der Waals surface area (Å²) in [6.45, 7) is 5.07. The fraction of sp³-hybridized carbons (Fsp3) is 1.00. The summed E-state index contributed by atoms with van der Waals surface area (Å²) in [5.74, 6) is 0.0686. The van der Waals surface area contributed by atoms with E-state index in [1.807, 2.05) is 6.92 Å². The molecule has 0 bridgehead atoms. The summed E-state index contributed by atoms with van der Waals surface area (Å²) >= 11 is 0. The summed E-state index contributed by atoms with van der Waals surface area (Å²) in [5, 5.41) is 5.05. The monoisotopic (exact) mass is 236 g/mol. The van der Waals surface area contributed by atoms with Crippen molar-refractivity contribution in [3.63, 3.8) is 0 Å². The normalized spacial score (nSPS) is 23.5. The predicted molar refractivity (Wildman–Crippen MR) is 59.1 cm³/mol. The molecule has 0 unspecified atom stereocenters. The second-order valence-electron chi connectivity index (χ2n) is 3.86. The van der Waals surface area contributed by atoms with E-state index in [0.29, 0.717) is 13.2 Å². The largest absolute Gasteiger partial charge is 0.380 e. The van der Waals surface area contributed by atoms with Crippen molar-refractivity contribution >= 4 is 10.0 Å². The van der Waals surface area contributed by atoms with Crippen molar-refractivity contribution in [2.24, 2.45) is 5.14 Å². The Labute approximate surface area is 91.6 Å². The molecule has 90 valence electrons. The molecule has 6 heteroatoms. The van der Waals surface area contributed by atoms with Gasteiger partial charge in [-0.05, 0) is 26.3 Å². The summed E-state index contributed by atoms with van der Waals surface area (Å²) < 4.78 is 27.2. The summed E-state index contributed by atoms with van der Waals surface area (Å²) in [5.41, 5.74) is 0. The molecule has 1 fully saturated rings. The maximum Gasteiger partial charge on any atom is 0.210 e. The Hall–Kier alpha value is -0.170. The zero-order valence-electron chi connectivity index (χ0n) is 9.18. The van der Waals surface area contributed by atoms with Crippen molar-refractivity contribution in [2.75, 3.05) is 32.1 Å². The Kier molecular flexibility index (Phi) is 4.98. The molecule has 0 spiro atoms. The average Bonchev–Trinajstić information content (AvgIpc) is 2.50. The lowest BCUT2D eigenvalue weighted by atomic mass is 10.2. The van der Waals surface area contributed by atoms with Crippen molar-refractivity contribution in [3.05, 3.63) is 0 Å². The molecule has 0 aromatic carbocycles. The van der Waals surface area contributed by atoms with Crippen molar-refractivity contribution in [1.82, 2.24) is 4.90 Å². The van der Waals surface area contributed by atoms with E-state index in [9.17, 15) is 8.42 Å². The molecule has 0 amide bonds. The molecule has 1 saturated heterocycles. The van der Waals surface area contributed by atoms with Crippen LogP contribution in [-0.2, 0) is 14.8 Å². The third-order valence-electron chi connectivity index (χ3n) is 2.65. The molecule has 0 saturated carbocycles. The van der Waals surface area contributed by atoms with Crippen molar-refractivity contribution < 1.29 is 13.2 Å². The Morgan fingerprint density at radius 1 is 1.53 bits per heavy atom. The summed E-state index contributed by atoms with van der Waals surface area (Å²) in [6, 6.07) is 0.0838. The third kappa shape index (κ3) is 4.92. The molecule has 1 aliphatic heterocycles. The first-order valence-corrected chi connectivity index (χ1v) is 7.06. The number of ether oxygens (including phenoxy) is 1. The van der Waals surface area contributed by atoms with Gasteiger partial charge < -0.3 is 4.74 Å². The molecule has 5 nitrogen and oxygen atoms in total. The van der Waals surface area contributed by atoms with Crippen molar-refractivity contribution in [1.29, 1.82) is 0 Å². The average molecular weight is 236 g/mol. The Balaban J connectivity index is 2.36. The minimum absolute atomic E-state index is 0.0686. The topological polar surface area (TPSA) is 72.6 Å². The van der Waals surface area contributed by atoms with E-state index in [1.165, 1.54) is 0 Å². The van der Waals surface area contributed by atoms with E-state index in [0.717, 1.165) is 25.9 Å². The van der Waals surface area contributed by atoms with Crippen LogP contribution in [0.4, 0.5) is 0 Å². The number of nitrogens with zero attached hydrogens (tertiary/aromatic N) is 1. The van der Waals surface area contributed by atoms with Crippen LogP contribution in [0.25, 0.3) is 0 Å². The van der Waals surface area contributed by atoms with Crippen LogP contribution in [0.3, 0.4) is 0 Å². The van der Waals surface area contributed by atoms with Crippen LogP contribution in [0.15, 0.2) is 0 Å². The highest BCUT2D eigenvalue weighted by atomic mass is 32.2. The van der Waals surface area contributed by atoms with Gasteiger partial charge in [0.1, 0.15) is 0 Å². The standard InChI is InChI=1S/C9H20N2O3S/c1-2-14-7-6-11-5-3-4-9(11)8-15(10,12)13/h9H,2-8H2,1H3,(H2,10,12,13)/t9-/m0/s1. The predicted octanol–water partition coefficient (Wildman–Crippen LogP) is -0.224. The van der Waals surface area contributed by atoms with E-state index in [-0.39, 0.29) is 11.8 Å². The SMILES string of the molecule is CCOCCN1CCC[C@H]1CS(N)(=O)=O. The molecule has 0 aromatic rings. The lowest BCUT2D eigenvalue weighted by molar-refractivity contribution is 0.111. The van der Waals surface area contributed by atoms with Crippen LogP contribution in [0, 0.1) is 0 Å². The highest BCUT2D eigenvalue weighted by Gasteiger charge is 2.27. The van der Waals surface area contributed by atoms with Gasteiger partial charge in [-0.3, -0.25) is 4.90 Å². The minimum atomic E-state index is -3.35. The Morgan fingerprint density at radius 3 is 2.87 bits per heavy atom. The van der Waals surface area contributed by atoms with E-state index in [1.54, 1.807) is 0 Å². The summed E-state index contributed by atoms with van der Waals surface area (Å²) in [7, 11) is -3.35. The molecule has 15 heavy (non-hydrogen) atoms. The number of primary sulfonamides is 1. The van der Waals surface area contributed by atoms with Crippen molar-refractivity contribution in [3.8, 4) is 0 Å². The van der Waals surface area contributed by atoms with Gasteiger partial charge in [-0.15, -0.1) is 0 Å². The Morgan fingerprint density at radius 2 is 2.27 bits per heavy atom. The van der Waals surface area contributed by atoms with Gasteiger partial charge in [0.25, 0.3) is 0 Å². The molecule has 0 aromatic heterocycles. The van der Waals surface area contributed by atoms with Crippen LogP contribution in [0.1, 0.15) is 19.8 Å². The number of likely N-dealkylation sites (tertiary alicyclic amines) is 1. The number of hydrogen-bond donors (Lipinski definition) is 1. The van der Waals surface area contributed by atoms with Gasteiger partial charge >= 0.3 is 0 Å². The van der Waals surface area contributed by atoms with Crippen LogP contribution >= 0.6 is 0 Å². The smallest absolute Gasteiger partial charge is 0.210 e. The quantitative estimate of drug-likeness (QED) is 0.647. The highest BCUT2D eigenvalue weighted by Crippen LogP contribution is 2.17. The molecule has 0 aliphatic carbocycles. The maximum absolute atomic E-state index is 11.0. The molecule has 1 aliphatic rings. The van der Waals surface area contributed by atoms with Crippen LogP contribution in [-0.4, -0.2) is 51.4 Å². The lowest BCUT2D eigenvalue weighted by Crippen LogP contribution is -2.39. The summed E-state index contributed by atoms with van der Waals surface area (Å²) in [4.78, 5) is 2.15. The maximum atomic E-state index is 11.0. The second-order valence-corrected chi connectivity index (χ2v) is 5.52. The minimum Gasteiger partial charge on any atom is -0.380 e. The third-order valence-corrected chi connectivity index (χ3v) is 3.50. The molecule has 1 atom stereocenters. The fourth-order valence-electron chi connectivity index (χ4n) is 1.97. The second kappa shape index (κ2) is 5.79. The van der Waals surface area contributed by atoms with Crippen molar-refractivity contribution in [2.45, 2.75) is 25.8 Å². The first-order chi connectivity index (χ1) is 7.03. The highest BCUT2D eigenvalue weighted by molar-refractivity contribution is 7.89. The zero-order chi connectivity index (χ0) is 11.3. The first-order valence-electron chi connectivity index (χ1n) is 5.35. The van der Waals surface area contributed by atoms with Gasteiger partial charge in [-0.2, -0.15) is 0 Å². The molecule has 0 radical (unpaired) electrons. The van der Waals surface area contributed by atoms with Gasteiger partial charge in [0.05, 0.1) is 12.4 Å². The van der Waals surface area contributed by atoms with Gasteiger partial charge in [0.2, 0.25) is 10.0 Å². The van der Waals surface area contributed by atoms with Gasteiger partial charge in [-0.1, -0.05) is 0 Å². The van der Waals surface area contributed by atoms with Gasteiger partial charge in [-0.25, -0.2) is 13.6 Å². The van der Waals surface area contributed by atoms with Gasteiger partial charge in [0, 0.05) is 19.2 Å². The Bertz CT molecular complexity index is 279. The van der Waals surface area contributed by atoms with Crippen LogP contribution in [0.5, 0.6) is 0 Å². The lowest BCUT2D eigenvalue weighted by Gasteiger charge is -2.23. The molecule has 1 heterocycles. The zero-order valence-corrected chi connectivity index (χ0v) is 10.0. The van der Waals surface area contributed by atoms with E-state index in [2.05, 4.69) is 4.90 Å². The van der Waals surface area contributed by atoms with Crippen LogP contribution < -0.4 is 5.14 Å². The van der Waals surface area contributed by atoms with E-state index >= 15 is 0 Å². The molecular weight excluding hydrogens is 216 g/mol. The number of hydrogen-bond acceptors (Lipinski definition) is 4. The first kappa shape index (κ1) is 12.9. The molecule has 2 N–H and O–H groups in total. The fourth-order valence-corrected chi connectivity index (χ4v) is 2.89. The molecular formula is C9H20N2O3S. The number of nitrogens with two attached hydrogens (primary N) is 1. The molecule has 1 rings (SSSR count). The van der Waals surface area contributed by atoms with Crippen LogP contribution in [0.2, 0.25) is 0 Å². The van der Waals surface area contributed by atoms with Gasteiger partial charge in [0.15, 0.2) is 0 Å². The van der Waals surface area contributed by atoms with E-state index < -0.39 is 10.0 Å².